The van der Waals surface area contributed by atoms with Gasteiger partial charge in [0, 0.05) is 23.3 Å². The minimum Gasteiger partial charge on any atom is -0.493 e. The lowest BCUT2D eigenvalue weighted by Gasteiger charge is -2.35. The molecule has 0 fully saturated rings. The number of fused-ring (bicyclic) bond motifs is 1. The van der Waals surface area contributed by atoms with Crippen LogP contribution in [-0.4, -0.2) is 34.8 Å². The summed E-state index contributed by atoms with van der Waals surface area (Å²) in [6, 6.07) is 10.5. The molecule has 0 radical (unpaired) electrons. The maximum atomic E-state index is 13.6. The molecule has 0 saturated carbocycles. The number of hydrogen-bond donors (Lipinski definition) is 2. The number of benzene rings is 2. The van der Waals surface area contributed by atoms with Gasteiger partial charge < -0.3 is 20.5 Å². The van der Waals surface area contributed by atoms with Crippen LogP contribution in [0.3, 0.4) is 0 Å². The van der Waals surface area contributed by atoms with Crippen molar-refractivity contribution in [3.8, 4) is 11.5 Å². The highest BCUT2D eigenvalue weighted by atomic mass is 35.5. The third-order valence-corrected chi connectivity index (χ3v) is 6.92. The lowest BCUT2D eigenvalue weighted by molar-refractivity contribution is -0.116. The lowest BCUT2D eigenvalue weighted by atomic mass is 9.78. The van der Waals surface area contributed by atoms with E-state index in [-0.39, 0.29) is 17.6 Å². The van der Waals surface area contributed by atoms with Crippen LogP contribution in [0.15, 0.2) is 47.7 Å². The molecule has 0 spiro atoms. The number of nitrogens with zero attached hydrogens (tertiary/aromatic N) is 3. The maximum absolute atomic E-state index is 13.6. The van der Waals surface area contributed by atoms with E-state index in [1.807, 2.05) is 24.3 Å². The van der Waals surface area contributed by atoms with Crippen molar-refractivity contribution in [2.75, 3.05) is 25.3 Å². The van der Waals surface area contributed by atoms with Gasteiger partial charge in [-0.15, -0.1) is 5.10 Å². The van der Waals surface area contributed by atoms with Crippen molar-refractivity contribution in [3.63, 3.8) is 0 Å². The molecule has 0 bridgehead atoms. The van der Waals surface area contributed by atoms with Gasteiger partial charge in [-0.1, -0.05) is 41.4 Å². The van der Waals surface area contributed by atoms with Gasteiger partial charge in [-0.05, 0) is 36.1 Å². The predicted molar refractivity (Wildman–Crippen MR) is 126 cm³/mol. The Balaban J connectivity index is 1.60. The zero-order valence-corrected chi connectivity index (χ0v) is 19.4. The van der Waals surface area contributed by atoms with Gasteiger partial charge in [0.1, 0.15) is 6.04 Å². The molecule has 0 amide bonds. The summed E-state index contributed by atoms with van der Waals surface area (Å²) in [5.41, 5.74) is 8.91. The first kappa shape index (κ1) is 21.6. The van der Waals surface area contributed by atoms with Crippen LogP contribution in [-0.2, 0) is 4.79 Å². The van der Waals surface area contributed by atoms with Crippen LogP contribution in [0, 0.1) is 0 Å². The third kappa shape index (κ3) is 3.59. The van der Waals surface area contributed by atoms with Crippen molar-refractivity contribution in [1.29, 1.82) is 0 Å². The molecule has 33 heavy (non-hydrogen) atoms. The first-order chi connectivity index (χ1) is 15.9. The molecule has 5 rings (SSSR count). The second-order valence-corrected chi connectivity index (χ2v) is 8.73. The number of hydrogen-bond acceptors (Lipinski definition) is 7. The van der Waals surface area contributed by atoms with E-state index in [1.165, 1.54) is 0 Å². The molecule has 0 saturated heterocycles. The van der Waals surface area contributed by atoms with Crippen molar-refractivity contribution < 1.29 is 14.3 Å². The molecule has 2 aliphatic rings. The Morgan fingerprint density at radius 3 is 2.67 bits per heavy atom. The van der Waals surface area contributed by atoms with Crippen molar-refractivity contribution >= 4 is 40.9 Å². The maximum Gasteiger partial charge on any atom is 0.241 e. The molecule has 2 heterocycles. The predicted octanol–water partition coefficient (Wildman–Crippen LogP) is 4.60. The molecule has 3 aromatic rings. The van der Waals surface area contributed by atoms with E-state index in [1.54, 1.807) is 31.0 Å². The van der Waals surface area contributed by atoms with Crippen molar-refractivity contribution in [1.82, 2.24) is 14.8 Å². The monoisotopic (exact) mass is 485 g/mol. The van der Waals surface area contributed by atoms with Gasteiger partial charge in [-0.25, -0.2) is 4.68 Å². The lowest BCUT2D eigenvalue weighted by Crippen LogP contribution is -2.33. The number of ether oxygens (including phenoxy) is 2. The number of ketones is 1. The van der Waals surface area contributed by atoms with E-state index in [9.17, 15) is 4.79 Å². The van der Waals surface area contributed by atoms with Crippen molar-refractivity contribution in [3.05, 3.63) is 68.8 Å². The van der Waals surface area contributed by atoms with E-state index in [0.29, 0.717) is 51.5 Å². The summed E-state index contributed by atoms with van der Waals surface area (Å²) in [6.07, 6.45) is 0.919. The molecule has 1 aromatic heterocycles. The highest BCUT2D eigenvalue weighted by Gasteiger charge is 2.40. The number of allylic oxidation sites excluding steroid dienone is 2. The summed E-state index contributed by atoms with van der Waals surface area (Å²) in [5, 5.41) is 8.36. The normalized spacial score (nSPS) is 19.6. The van der Waals surface area contributed by atoms with E-state index in [4.69, 9.17) is 38.4 Å². The summed E-state index contributed by atoms with van der Waals surface area (Å²) < 4.78 is 12.4. The Hall–Kier alpha value is -3.23. The quantitative estimate of drug-likeness (QED) is 0.556. The van der Waals surface area contributed by atoms with Gasteiger partial charge in [0.15, 0.2) is 17.3 Å². The molecule has 8 nitrogen and oxygen atoms in total. The standard InChI is InChI=1S/C23H21Cl2N5O3/c1-32-17-7-6-11(10-18(17)33-2)12-8-15-19(16(31)9-12)21(13-4-3-5-14(24)20(13)25)30-23(27-15)28-22(26)29-30/h3-7,10,12,21H,8-9H2,1-2H3,(H3,26,27,28,29)/t12-,21-/m1/s1. The fraction of sp³-hybridized carbons (Fsp3) is 0.261. The average Bonchev–Trinajstić information content (AvgIpc) is 3.18. The summed E-state index contributed by atoms with van der Waals surface area (Å²) in [4.78, 5) is 17.9. The molecule has 2 atom stereocenters. The summed E-state index contributed by atoms with van der Waals surface area (Å²) >= 11 is 12.9. The Morgan fingerprint density at radius 2 is 1.91 bits per heavy atom. The molecule has 2 aromatic carbocycles. The zero-order valence-electron chi connectivity index (χ0n) is 17.9. The molecule has 10 heteroatoms. The fourth-order valence-electron chi connectivity index (χ4n) is 4.59. The number of carbonyl (C=O) groups excluding carboxylic acids is 1. The average molecular weight is 486 g/mol. The van der Waals surface area contributed by atoms with Crippen molar-refractivity contribution in [2.45, 2.75) is 24.8 Å². The Morgan fingerprint density at radius 1 is 1.12 bits per heavy atom. The highest BCUT2D eigenvalue weighted by Crippen LogP contribution is 2.47. The second kappa shape index (κ2) is 8.28. The number of rotatable bonds is 4. The Bertz CT molecular complexity index is 1300. The molecule has 3 N–H and O–H groups in total. The van der Waals surface area contributed by atoms with Crippen molar-refractivity contribution in [2.24, 2.45) is 0 Å². The molecule has 1 aliphatic heterocycles. The minimum atomic E-state index is -0.578. The van der Waals surface area contributed by atoms with Crippen LogP contribution in [0.4, 0.5) is 11.9 Å². The molecule has 170 valence electrons. The number of aromatic nitrogens is 3. The van der Waals surface area contributed by atoms with E-state index in [2.05, 4.69) is 15.4 Å². The number of methoxy groups -OCH3 is 2. The van der Waals surface area contributed by atoms with Crippen LogP contribution in [0.1, 0.15) is 35.9 Å². The molecule has 0 unspecified atom stereocenters. The number of carbonyl (C=O) groups is 1. The van der Waals surface area contributed by atoms with Crippen LogP contribution in [0.2, 0.25) is 10.0 Å². The van der Waals surface area contributed by atoms with E-state index < -0.39 is 6.04 Å². The van der Waals surface area contributed by atoms with Crippen LogP contribution < -0.4 is 20.5 Å². The summed E-state index contributed by atoms with van der Waals surface area (Å²) in [6.45, 7) is 0. The van der Waals surface area contributed by atoms with Gasteiger partial charge in [0.2, 0.25) is 11.9 Å². The second-order valence-electron chi connectivity index (χ2n) is 7.94. The van der Waals surface area contributed by atoms with Gasteiger partial charge in [-0.2, -0.15) is 4.98 Å². The largest absolute Gasteiger partial charge is 0.493 e. The third-order valence-electron chi connectivity index (χ3n) is 6.09. The topological polar surface area (TPSA) is 104 Å². The van der Waals surface area contributed by atoms with Crippen LogP contribution >= 0.6 is 23.2 Å². The van der Waals surface area contributed by atoms with E-state index >= 15 is 0 Å². The first-order valence-electron chi connectivity index (χ1n) is 10.3. The van der Waals surface area contributed by atoms with Gasteiger partial charge in [0.05, 0.1) is 24.3 Å². The summed E-state index contributed by atoms with van der Waals surface area (Å²) in [7, 11) is 3.18. The zero-order chi connectivity index (χ0) is 23.3. The summed E-state index contributed by atoms with van der Waals surface area (Å²) in [5.74, 6) is 1.75. The van der Waals surface area contributed by atoms with Gasteiger partial charge >= 0.3 is 0 Å². The number of nitrogen functional groups attached to an aromatic ring is 1. The number of nitrogens with two attached hydrogens (primary N) is 1. The molecular formula is C23H21Cl2N5O3. The number of Topliss-reactive ketones (excluding diaryl/α,β-unsaturated/α-hetero) is 1. The Labute approximate surface area is 200 Å². The van der Waals surface area contributed by atoms with Crippen LogP contribution in [0.25, 0.3) is 0 Å². The number of nitrogens with one attached hydrogen (secondary N) is 1. The van der Waals surface area contributed by atoms with Gasteiger partial charge in [-0.3, -0.25) is 4.79 Å². The SMILES string of the molecule is COc1ccc([C@H]2CC(=O)C3=C(C2)Nc2nc(N)nn2[C@@H]3c2cccc(Cl)c2Cl)cc1OC. The van der Waals surface area contributed by atoms with Crippen LogP contribution in [0.5, 0.6) is 11.5 Å². The fourth-order valence-corrected chi connectivity index (χ4v) is 5.00. The smallest absolute Gasteiger partial charge is 0.241 e. The molecule has 1 aliphatic carbocycles. The Kier molecular flexibility index (Phi) is 5.42. The number of anilines is 2. The highest BCUT2D eigenvalue weighted by molar-refractivity contribution is 6.42. The van der Waals surface area contributed by atoms with Gasteiger partial charge in [0.25, 0.3) is 0 Å². The minimum absolute atomic E-state index is 0.00991. The first-order valence-corrected chi connectivity index (χ1v) is 11.1. The number of halogens is 2. The molecular weight excluding hydrogens is 465 g/mol. The van der Waals surface area contributed by atoms with E-state index in [0.717, 1.165) is 11.3 Å².